The molecule has 2 atom stereocenters. The second kappa shape index (κ2) is 6.36. The van der Waals surface area contributed by atoms with Gasteiger partial charge in [0.1, 0.15) is 11.5 Å². The topological polar surface area (TPSA) is 39.7 Å². The maximum Gasteiger partial charge on any atom is 0.573 e. The summed E-state index contributed by atoms with van der Waals surface area (Å²) in [4.78, 5) is 0. The van der Waals surface area contributed by atoms with Crippen LogP contribution in [0.15, 0.2) is 18.2 Å². The van der Waals surface area contributed by atoms with Crippen LogP contribution in [0.4, 0.5) is 13.2 Å². The fraction of sp³-hybridized carbons (Fsp3) is 0.667. The molecule has 0 radical (unpaired) electrons. The molecule has 0 amide bonds. The van der Waals surface area contributed by atoms with Crippen LogP contribution in [0.25, 0.3) is 0 Å². The molecule has 7 heteroatoms. The van der Waals surface area contributed by atoms with Crippen LogP contribution in [0.3, 0.4) is 0 Å². The van der Waals surface area contributed by atoms with E-state index in [-0.39, 0.29) is 23.6 Å². The van der Waals surface area contributed by atoms with Crippen molar-refractivity contribution in [2.24, 2.45) is 0 Å². The number of ether oxygens (including phenoxy) is 3. The Labute approximate surface area is 144 Å². The number of hydrogen-bond donors (Lipinski definition) is 1. The van der Waals surface area contributed by atoms with Gasteiger partial charge in [0, 0.05) is 12.1 Å². The summed E-state index contributed by atoms with van der Waals surface area (Å²) >= 11 is 0. The van der Waals surface area contributed by atoms with Gasteiger partial charge < -0.3 is 19.5 Å². The zero-order valence-corrected chi connectivity index (χ0v) is 13.9. The highest BCUT2D eigenvalue weighted by Crippen LogP contribution is 2.47. The first kappa shape index (κ1) is 17.0. The van der Waals surface area contributed by atoms with E-state index in [1.165, 1.54) is 12.1 Å². The Hall–Kier alpha value is -1.47. The Bertz CT molecular complexity index is 624. The summed E-state index contributed by atoms with van der Waals surface area (Å²) in [6, 6.07) is 4.30. The van der Waals surface area contributed by atoms with E-state index in [4.69, 9.17) is 9.47 Å². The Morgan fingerprint density at radius 3 is 2.68 bits per heavy atom. The summed E-state index contributed by atoms with van der Waals surface area (Å²) in [5, 5.41) is 3.36. The zero-order chi connectivity index (χ0) is 17.5. The van der Waals surface area contributed by atoms with E-state index >= 15 is 0 Å². The number of benzene rings is 1. The highest BCUT2D eigenvalue weighted by molar-refractivity contribution is 5.42. The Balaban J connectivity index is 1.58. The molecule has 0 bridgehead atoms. The van der Waals surface area contributed by atoms with Crippen molar-refractivity contribution >= 4 is 0 Å². The van der Waals surface area contributed by atoms with Gasteiger partial charge in [0.05, 0.1) is 17.8 Å². The number of piperidine rings is 1. The first-order chi connectivity index (χ1) is 11.9. The van der Waals surface area contributed by atoms with E-state index in [1.807, 2.05) is 0 Å². The number of hydrogen-bond acceptors (Lipinski definition) is 4. The molecule has 3 aliphatic rings. The van der Waals surface area contributed by atoms with Crippen LogP contribution in [0.1, 0.15) is 50.2 Å². The average molecular weight is 357 g/mol. The Morgan fingerprint density at radius 1 is 1.16 bits per heavy atom. The van der Waals surface area contributed by atoms with Gasteiger partial charge >= 0.3 is 6.36 Å². The minimum atomic E-state index is -4.71. The number of alkyl halides is 3. The Kier molecular flexibility index (Phi) is 4.32. The number of nitrogens with one attached hydrogen (secondary N) is 1. The molecule has 3 fully saturated rings. The molecule has 2 aliphatic heterocycles. The van der Waals surface area contributed by atoms with Gasteiger partial charge in [-0.3, -0.25) is 0 Å². The molecule has 1 spiro atoms. The molecule has 0 aromatic heterocycles. The molecule has 4 rings (SSSR count). The third-order valence-corrected chi connectivity index (χ3v) is 5.07. The van der Waals surface area contributed by atoms with Crippen molar-refractivity contribution < 1.29 is 27.4 Å². The second-order valence-corrected chi connectivity index (χ2v) is 7.17. The van der Waals surface area contributed by atoms with Crippen molar-refractivity contribution in [3.8, 4) is 11.5 Å². The smallest absolute Gasteiger partial charge is 0.490 e. The third-order valence-electron chi connectivity index (χ3n) is 5.07. The van der Waals surface area contributed by atoms with Crippen LogP contribution >= 0.6 is 0 Å². The van der Waals surface area contributed by atoms with E-state index in [1.54, 1.807) is 6.07 Å². The summed E-state index contributed by atoms with van der Waals surface area (Å²) < 4.78 is 54.0. The quantitative estimate of drug-likeness (QED) is 0.881. The van der Waals surface area contributed by atoms with Gasteiger partial charge in [0.15, 0.2) is 0 Å². The highest BCUT2D eigenvalue weighted by Gasteiger charge is 2.43. The van der Waals surface area contributed by atoms with E-state index in [0.717, 1.165) is 51.6 Å². The van der Waals surface area contributed by atoms with Crippen LogP contribution < -0.4 is 14.8 Å². The van der Waals surface area contributed by atoms with Crippen molar-refractivity contribution in [1.29, 1.82) is 0 Å². The summed E-state index contributed by atoms with van der Waals surface area (Å²) in [7, 11) is 0. The Morgan fingerprint density at radius 2 is 2.00 bits per heavy atom. The number of rotatable bonds is 4. The lowest BCUT2D eigenvalue weighted by molar-refractivity contribution is -0.274. The SMILES string of the molecule is FC(F)(F)Oc1ccc(OC2CC2)c(C2CCC3(CCCNC3)O2)c1. The first-order valence-corrected chi connectivity index (χ1v) is 8.87. The summed E-state index contributed by atoms with van der Waals surface area (Å²) in [5.41, 5.74) is 0.455. The van der Waals surface area contributed by atoms with E-state index in [9.17, 15) is 13.2 Å². The normalized spacial score (nSPS) is 29.8. The predicted molar refractivity (Wildman–Crippen MR) is 84.7 cm³/mol. The molecule has 2 unspecified atom stereocenters. The summed E-state index contributed by atoms with van der Waals surface area (Å²) in [6.45, 7) is 1.78. The van der Waals surface area contributed by atoms with Gasteiger partial charge in [-0.25, -0.2) is 0 Å². The van der Waals surface area contributed by atoms with Crippen LogP contribution in [0.2, 0.25) is 0 Å². The van der Waals surface area contributed by atoms with Crippen LogP contribution in [-0.2, 0) is 4.74 Å². The molecule has 1 N–H and O–H groups in total. The van der Waals surface area contributed by atoms with Crippen molar-refractivity contribution in [2.45, 2.75) is 62.7 Å². The standard InChI is InChI=1S/C18H22F3NO3/c19-18(20,21)24-13-4-5-15(23-12-2-3-12)14(10-13)16-6-8-17(25-16)7-1-9-22-11-17/h4-5,10,12,16,22H,1-3,6-9,11H2. The molecular formula is C18H22F3NO3. The molecule has 1 saturated carbocycles. The van der Waals surface area contributed by atoms with Crippen LogP contribution in [-0.4, -0.2) is 31.2 Å². The van der Waals surface area contributed by atoms with Gasteiger partial charge in [-0.2, -0.15) is 0 Å². The largest absolute Gasteiger partial charge is 0.573 e. The van der Waals surface area contributed by atoms with Gasteiger partial charge in [-0.1, -0.05) is 0 Å². The van der Waals surface area contributed by atoms with Crippen molar-refractivity contribution in [1.82, 2.24) is 5.32 Å². The molecule has 2 saturated heterocycles. The van der Waals surface area contributed by atoms with Gasteiger partial charge in [-0.15, -0.1) is 13.2 Å². The molecule has 1 aliphatic carbocycles. The lowest BCUT2D eigenvalue weighted by Gasteiger charge is -2.34. The minimum absolute atomic E-state index is 0.167. The third kappa shape index (κ3) is 4.03. The molecule has 1 aromatic rings. The van der Waals surface area contributed by atoms with Gasteiger partial charge in [-0.05, 0) is 63.3 Å². The van der Waals surface area contributed by atoms with Crippen molar-refractivity contribution in [3.63, 3.8) is 0 Å². The molecule has 138 valence electrons. The van der Waals surface area contributed by atoms with Gasteiger partial charge in [0.2, 0.25) is 0 Å². The van der Waals surface area contributed by atoms with E-state index < -0.39 is 6.36 Å². The highest BCUT2D eigenvalue weighted by atomic mass is 19.4. The lowest BCUT2D eigenvalue weighted by atomic mass is 9.91. The summed E-state index contributed by atoms with van der Waals surface area (Å²) in [5.74, 6) is 0.389. The van der Waals surface area contributed by atoms with E-state index in [2.05, 4.69) is 10.1 Å². The lowest BCUT2D eigenvalue weighted by Crippen LogP contribution is -2.45. The molecular weight excluding hydrogens is 335 g/mol. The first-order valence-electron chi connectivity index (χ1n) is 8.87. The van der Waals surface area contributed by atoms with Crippen molar-refractivity contribution in [3.05, 3.63) is 23.8 Å². The molecule has 2 heterocycles. The second-order valence-electron chi connectivity index (χ2n) is 7.17. The van der Waals surface area contributed by atoms with Gasteiger partial charge in [0.25, 0.3) is 0 Å². The average Bonchev–Trinajstić information content (AvgIpc) is 3.29. The maximum absolute atomic E-state index is 12.6. The molecule has 4 nitrogen and oxygen atoms in total. The fourth-order valence-corrected chi connectivity index (χ4v) is 3.73. The van der Waals surface area contributed by atoms with E-state index in [0.29, 0.717) is 11.3 Å². The maximum atomic E-state index is 12.6. The van der Waals surface area contributed by atoms with Crippen molar-refractivity contribution in [2.75, 3.05) is 13.1 Å². The number of halogens is 3. The fourth-order valence-electron chi connectivity index (χ4n) is 3.73. The molecule has 25 heavy (non-hydrogen) atoms. The predicted octanol–water partition coefficient (Wildman–Crippen LogP) is 4.10. The zero-order valence-electron chi connectivity index (χ0n) is 13.9. The molecule has 1 aromatic carbocycles. The monoisotopic (exact) mass is 357 g/mol. The summed E-state index contributed by atoms with van der Waals surface area (Å²) in [6.07, 6.45) is 0.880. The van der Waals surface area contributed by atoms with Crippen LogP contribution in [0, 0.1) is 0 Å². The van der Waals surface area contributed by atoms with Crippen LogP contribution in [0.5, 0.6) is 11.5 Å². The minimum Gasteiger partial charge on any atom is -0.490 e.